The van der Waals surface area contributed by atoms with Gasteiger partial charge in [0.05, 0.1) is 41.2 Å². The topological polar surface area (TPSA) is 118 Å². The summed E-state index contributed by atoms with van der Waals surface area (Å²) in [4.78, 5) is 28.8. The summed E-state index contributed by atoms with van der Waals surface area (Å²) in [7, 11) is -5.44. The fraction of sp³-hybridized carbons (Fsp3) is 0.481. The number of carbonyl (C=O) groups is 1. The third kappa shape index (κ3) is 6.60. The molecule has 5 rings (SSSR count). The van der Waals surface area contributed by atoms with Crippen molar-refractivity contribution < 1.29 is 31.1 Å². The minimum absolute atomic E-state index is 0.0936. The van der Waals surface area contributed by atoms with Crippen LogP contribution >= 0.6 is 0 Å². The lowest BCUT2D eigenvalue weighted by Gasteiger charge is -2.36. The number of amides is 1. The molecule has 3 aromatic heterocycles. The van der Waals surface area contributed by atoms with E-state index in [0.717, 1.165) is 24.3 Å². The highest BCUT2D eigenvalue weighted by Gasteiger charge is 2.50. The summed E-state index contributed by atoms with van der Waals surface area (Å²) in [5.41, 5.74) is -2.99. The molecule has 1 amide bonds. The van der Waals surface area contributed by atoms with Gasteiger partial charge in [-0.15, -0.1) is 0 Å². The summed E-state index contributed by atoms with van der Waals surface area (Å²) < 4.78 is 68.6. The second-order valence-corrected chi connectivity index (χ2v) is 12.4. The maximum absolute atomic E-state index is 13.0. The number of piperidine rings is 1. The molecule has 2 aliphatic rings. The maximum atomic E-state index is 13.0. The van der Waals surface area contributed by atoms with Crippen LogP contribution in [-0.4, -0.2) is 83.5 Å². The average Bonchev–Trinajstić information content (AvgIpc) is 2.91. The van der Waals surface area contributed by atoms with E-state index in [1.54, 1.807) is 12.3 Å². The number of carbonyl (C=O) groups excluding carboxylic acids is 1. The molecule has 41 heavy (non-hydrogen) atoms. The maximum Gasteiger partial charge on any atom is 0.511 e. The van der Waals surface area contributed by atoms with Crippen LogP contribution < -0.4 is 10.2 Å². The van der Waals surface area contributed by atoms with Gasteiger partial charge in [-0.05, 0) is 57.0 Å². The van der Waals surface area contributed by atoms with Crippen molar-refractivity contribution in [2.24, 2.45) is 0 Å². The zero-order valence-electron chi connectivity index (χ0n) is 22.6. The number of morpholine rings is 1. The molecule has 10 nitrogen and oxygen atoms in total. The first kappa shape index (κ1) is 29.1. The van der Waals surface area contributed by atoms with Crippen molar-refractivity contribution in [1.82, 2.24) is 24.6 Å². The number of nitrogens with one attached hydrogen (secondary N) is 1. The number of pyridine rings is 3. The number of aromatic nitrogens is 3. The fourth-order valence-electron chi connectivity index (χ4n) is 5.27. The van der Waals surface area contributed by atoms with E-state index in [-0.39, 0.29) is 31.6 Å². The molecular formula is C27H31F3N6O4S. The third-order valence-electron chi connectivity index (χ3n) is 7.09. The number of ether oxygens (including phenoxy) is 1. The van der Waals surface area contributed by atoms with Crippen molar-refractivity contribution in [2.45, 2.75) is 56.9 Å². The lowest BCUT2D eigenvalue weighted by molar-refractivity contribution is -0.121. The van der Waals surface area contributed by atoms with E-state index in [2.05, 4.69) is 15.2 Å². The summed E-state index contributed by atoms with van der Waals surface area (Å²) in [6.07, 6.45) is 2.24. The predicted octanol–water partition coefficient (Wildman–Crippen LogP) is 3.28. The first-order valence-electron chi connectivity index (χ1n) is 13.4. The molecule has 3 aromatic rings. The first-order valence-corrected chi connectivity index (χ1v) is 14.8. The molecule has 5 heterocycles. The Kier molecular flexibility index (Phi) is 8.17. The van der Waals surface area contributed by atoms with Gasteiger partial charge in [0.25, 0.3) is 0 Å². The number of hydrogen-bond donors (Lipinski definition) is 1. The van der Waals surface area contributed by atoms with E-state index in [4.69, 9.17) is 14.7 Å². The predicted molar refractivity (Wildman–Crippen MR) is 146 cm³/mol. The number of anilines is 1. The average molecular weight is 593 g/mol. The van der Waals surface area contributed by atoms with Crippen molar-refractivity contribution in [3.05, 3.63) is 48.3 Å². The number of nitrogens with zero attached hydrogens (tertiary/aromatic N) is 5. The molecule has 0 aromatic carbocycles. The Morgan fingerprint density at radius 3 is 2.54 bits per heavy atom. The van der Waals surface area contributed by atoms with Crippen LogP contribution in [0, 0.1) is 0 Å². The zero-order valence-corrected chi connectivity index (χ0v) is 23.5. The Morgan fingerprint density at radius 2 is 1.80 bits per heavy atom. The lowest BCUT2D eigenvalue weighted by Crippen LogP contribution is -2.52. The molecule has 0 radical (unpaired) electrons. The monoisotopic (exact) mass is 592 g/mol. The second-order valence-electron chi connectivity index (χ2n) is 10.5. The third-order valence-corrected chi connectivity index (χ3v) is 8.69. The highest BCUT2D eigenvalue weighted by Crippen LogP contribution is 2.29. The minimum Gasteiger partial charge on any atom is -0.372 e. The number of fused-ring (bicyclic) bond motifs is 1. The van der Waals surface area contributed by atoms with Crippen molar-refractivity contribution in [1.29, 1.82) is 0 Å². The standard InChI is InChI=1S/C27H31F3N6O4S/c1-17-14-35(15-18(2)40-17)25-7-3-6-22(34-25)23-9-8-19-13-31-21(11-24(19)33-23)12-26(37)32-20-5-4-10-36(16-20)41(38,39)27(28,29)30/h3,6-9,11,13,17-18,20H,4-5,10,12,14-16H2,1-2H3,(H,32,37)/t17-,18+,20-/m0/s1. The SMILES string of the molecule is C[C@@H]1CN(c2cccc(-c3ccc4cnc(CC(=O)N[C@H]5CCCN(S(=O)(=O)C(F)(F)F)C5)cc4n3)n2)C[C@H](C)O1. The molecule has 2 saturated heterocycles. The summed E-state index contributed by atoms with van der Waals surface area (Å²) >= 11 is 0. The normalized spacial score (nSPS) is 22.6. The van der Waals surface area contributed by atoms with Crippen LogP contribution in [0.2, 0.25) is 0 Å². The van der Waals surface area contributed by atoms with E-state index < -0.39 is 34.0 Å². The van der Waals surface area contributed by atoms with Crippen LogP contribution in [0.3, 0.4) is 0 Å². The zero-order chi connectivity index (χ0) is 29.4. The Hall–Kier alpha value is -3.36. The van der Waals surface area contributed by atoms with Crippen LogP contribution in [0.15, 0.2) is 42.6 Å². The second kappa shape index (κ2) is 11.5. The van der Waals surface area contributed by atoms with E-state index in [1.165, 1.54) is 0 Å². The Morgan fingerprint density at radius 1 is 1.07 bits per heavy atom. The number of alkyl halides is 3. The van der Waals surface area contributed by atoms with Gasteiger partial charge in [-0.2, -0.15) is 17.5 Å². The van der Waals surface area contributed by atoms with Crippen LogP contribution in [0.1, 0.15) is 32.4 Å². The summed E-state index contributed by atoms with van der Waals surface area (Å²) in [5.74, 6) is 0.371. The Labute approximate surface area is 236 Å². The van der Waals surface area contributed by atoms with Crippen molar-refractivity contribution in [2.75, 3.05) is 31.1 Å². The van der Waals surface area contributed by atoms with Gasteiger partial charge in [0.2, 0.25) is 5.91 Å². The van der Waals surface area contributed by atoms with Gasteiger partial charge in [-0.3, -0.25) is 9.78 Å². The van der Waals surface area contributed by atoms with Crippen LogP contribution in [0.5, 0.6) is 0 Å². The first-order chi connectivity index (χ1) is 19.4. The lowest BCUT2D eigenvalue weighted by atomic mass is 10.1. The van der Waals surface area contributed by atoms with Gasteiger partial charge in [0.15, 0.2) is 0 Å². The van der Waals surface area contributed by atoms with Crippen molar-refractivity contribution >= 4 is 32.7 Å². The van der Waals surface area contributed by atoms with Gasteiger partial charge in [-0.25, -0.2) is 18.4 Å². The van der Waals surface area contributed by atoms with Crippen LogP contribution in [0.4, 0.5) is 19.0 Å². The highest BCUT2D eigenvalue weighted by molar-refractivity contribution is 7.90. The molecule has 0 unspecified atom stereocenters. The fourth-order valence-corrected chi connectivity index (χ4v) is 6.31. The van der Waals surface area contributed by atoms with Gasteiger partial charge in [0.1, 0.15) is 5.82 Å². The van der Waals surface area contributed by atoms with E-state index >= 15 is 0 Å². The molecule has 1 N–H and O–H groups in total. The van der Waals surface area contributed by atoms with Gasteiger partial charge in [0, 0.05) is 43.8 Å². The smallest absolute Gasteiger partial charge is 0.372 e. The van der Waals surface area contributed by atoms with E-state index in [9.17, 15) is 26.4 Å². The van der Waals surface area contributed by atoms with Crippen LogP contribution in [-0.2, 0) is 26.0 Å². The van der Waals surface area contributed by atoms with E-state index in [1.807, 2.05) is 44.2 Å². The Balaban J connectivity index is 1.28. The number of hydrogen-bond acceptors (Lipinski definition) is 8. The van der Waals surface area contributed by atoms with Crippen LogP contribution in [0.25, 0.3) is 22.3 Å². The summed E-state index contributed by atoms with van der Waals surface area (Å²) in [5, 5.41) is 3.42. The summed E-state index contributed by atoms with van der Waals surface area (Å²) in [6, 6.07) is 10.5. The van der Waals surface area contributed by atoms with Gasteiger partial charge in [-0.1, -0.05) is 6.07 Å². The van der Waals surface area contributed by atoms with Crippen molar-refractivity contribution in [3.63, 3.8) is 0 Å². The minimum atomic E-state index is -5.44. The molecular weight excluding hydrogens is 561 g/mol. The van der Waals surface area contributed by atoms with Gasteiger partial charge >= 0.3 is 15.5 Å². The quantitative estimate of drug-likeness (QED) is 0.464. The molecule has 2 fully saturated rings. The largest absolute Gasteiger partial charge is 0.511 e. The number of sulfonamides is 1. The molecule has 14 heteroatoms. The highest BCUT2D eigenvalue weighted by atomic mass is 32.2. The molecule has 3 atom stereocenters. The van der Waals surface area contributed by atoms with Gasteiger partial charge < -0.3 is 15.0 Å². The molecule has 220 valence electrons. The molecule has 0 saturated carbocycles. The summed E-state index contributed by atoms with van der Waals surface area (Å²) in [6.45, 7) is 4.87. The van der Waals surface area contributed by atoms with E-state index in [0.29, 0.717) is 33.3 Å². The Bertz CT molecular complexity index is 1530. The molecule has 0 bridgehead atoms. The number of rotatable bonds is 6. The molecule has 2 aliphatic heterocycles. The number of halogens is 3. The molecule has 0 aliphatic carbocycles. The molecule has 0 spiro atoms. The van der Waals surface area contributed by atoms with Crippen molar-refractivity contribution in [3.8, 4) is 11.4 Å².